The maximum atomic E-state index is 3.69. The maximum Gasteiger partial charge on any atom is 0.0701 e. The smallest absolute Gasteiger partial charge is 0.0701 e. The highest BCUT2D eigenvalue weighted by Crippen LogP contribution is 2.23. The van der Waals surface area contributed by atoms with Gasteiger partial charge in [0.1, 0.15) is 0 Å². The van der Waals surface area contributed by atoms with Gasteiger partial charge in [-0.3, -0.25) is 0 Å². The van der Waals surface area contributed by atoms with Crippen LogP contribution in [0.25, 0.3) is 0 Å². The van der Waals surface area contributed by atoms with Crippen molar-refractivity contribution in [1.29, 1.82) is 0 Å². The summed E-state index contributed by atoms with van der Waals surface area (Å²) >= 11 is 5.40. The number of nitrogens with one attached hydrogen (secondary N) is 1. The molecule has 1 aliphatic heterocycles. The maximum absolute atomic E-state index is 3.69. The van der Waals surface area contributed by atoms with Gasteiger partial charge in [-0.15, -0.1) is 11.3 Å². The summed E-state index contributed by atoms with van der Waals surface area (Å²) in [4.78, 5) is 4.12. The van der Waals surface area contributed by atoms with E-state index in [1.54, 1.807) is 0 Å². The Balaban J connectivity index is 1.72. The number of nitrogens with zero attached hydrogens (tertiary/aromatic N) is 1. The molecule has 108 valence electrons. The first kappa shape index (κ1) is 15.5. The van der Waals surface area contributed by atoms with E-state index in [9.17, 15) is 0 Å². The van der Waals surface area contributed by atoms with Crippen LogP contribution < -0.4 is 5.32 Å². The van der Waals surface area contributed by atoms with E-state index in [1.165, 1.54) is 47.6 Å². The molecule has 1 aromatic heterocycles. The van der Waals surface area contributed by atoms with Gasteiger partial charge in [-0.05, 0) is 66.3 Å². The standard InChI is InChI=1S/C15H25BrN2S/c1-3-8-17-14-7-10-18(11-12(14)2)9-6-13-4-5-15(16)19-13/h4-5,12,14,17H,3,6-11H2,1-2H3. The summed E-state index contributed by atoms with van der Waals surface area (Å²) in [5, 5.41) is 3.69. The van der Waals surface area contributed by atoms with E-state index in [0.29, 0.717) is 0 Å². The van der Waals surface area contributed by atoms with Gasteiger partial charge >= 0.3 is 0 Å². The zero-order chi connectivity index (χ0) is 13.7. The van der Waals surface area contributed by atoms with Crippen LogP contribution in [0.15, 0.2) is 15.9 Å². The lowest BCUT2D eigenvalue weighted by molar-refractivity contribution is 0.149. The van der Waals surface area contributed by atoms with Crippen LogP contribution in [0.2, 0.25) is 0 Å². The van der Waals surface area contributed by atoms with Gasteiger partial charge in [0.05, 0.1) is 3.79 Å². The number of hydrogen-bond acceptors (Lipinski definition) is 3. The summed E-state index contributed by atoms with van der Waals surface area (Å²) in [6.07, 6.45) is 3.73. The molecule has 0 amide bonds. The van der Waals surface area contributed by atoms with E-state index >= 15 is 0 Å². The first-order chi connectivity index (χ1) is 9.19. The molecule has 2 rings (SSSR count). The molecule has 2 unspecified atom stereocenters. The number of piperidine rings is 1. The minimum Gasteiger partial charge on any atom is -0.314 e. The molecule has 1 saturated heterocycles. The molecular formula is C15H25BrN2S. The summed E-state index contributed by atoms with van der Waals surface area (Å²) in [6.45, 7) is 9.50. The molecule has 2 nitrogen and oxygen atoms in total. The second kappa shape index (κ2) is 7.77. The Morgan fingerprint density at radius 1 is 1.47 bits per heavy atom. The van der Waals surface area contributed by atoms with Crippen LogP contribution in [0.3, 0.4) is 0 Å². The van der Waals surface area contributed by atoms with Crippen LogP contribution in [0.1, 0.15) is 31.6 Å². The third-order valence-electron chi connectivity index (χ3n) is 3.95. The van der Waals surface area contributed by atoms with E-state index < -0.39 is 0 Å². The van der Waals surface area contributed by atoms with Crippen LogP contribution in [-0.4, -0.2) is 37.1 Å². The third-order valence-corrected chi connectivity index (χ3v) is 5.63. The minimum absolute atomic E-state index is 0.729. The Hall–Kier alpha value is 0.1000. The molecule has 0 bridgehead atoms. The Kier molecular flexibility index (Phi) is 6.33. The summed E-state index contributed by atoms with van der Waals surface area (Å²) in [7, 11) is 0. The fraction of sp³-hybridized carbons (Fsp3) is 0.733. The molecule has 0 saturated carbocycles. The van der Waals surface area contributed by atoms with Crippen molar-refractivity contribution < 1.29 is 0 Å². The van der Waals surface area contributed by atoms with Gasteiger partial charge in [0, 0.05) is 24.0 Å². The summed E-state index contributed by atoms with van der Waals surface area (Å²) in [5.74, 6) is 0.773. The predicted octanol–water partition coefficient (Wildman–Crippen LogP) is 3.76. The molecular weight excluding hydrogens is 320 g/mol. The first-order valence-corrected chi connectivity index (χ1v) is 9.00. The molecule has 1 aliphatic rings. The highest BCUT2D eigenvalue weighted by Gasteiger charge is 2.24. The number of likely N-dealkylation sites (tertiary alicyclic amines) is 1. The van der Waals surface area contributed by atoms with E-state index in [0.717, 1.165) is 18.5 Å². The first-order valence-electron chi connectivity index (χ1n) is 7.39. The molecule has 2 atom stereocenters. The van der Waals surface area contributed by atoms with E-state index in [1.807, 2.05) is 11.3 Å². The number of thiophene rings is 1. The quantitative estimate of drug-likeness (QED) is 0.844. The molecule has 19 heavy (non-hydrogen) atoms. The summed E-state index contributed by atoms with van der Waals surface area (Å²) < 4.78 is 1.25. The summed E-state index contributed by atoms with van der Waals surface area (Å²) in [6, 6.07) is 5.13. The number of halogens is 1. The average molecular weight is 345 g/mol. The molecule has 4 heteroatoms. The van der Waals surface area contributed by atoms with Crippen molar-refractivity contribution in [3.8, 4) is 0 Å². The topological polar surface area (TPSA) is 15.3 Å². The van der Waals surface area contributed by atoms with Crippen molar-refractivity contribution in [2.45, 2.75) is 39.2 Å². The Morgan fingerprint density at radius 3 is 2.95 bits per heavy atom. The van der Waals surface area contributed by atoms with Crippen molar-refractivity contribution in [3.63, 3.8) is 0 Å². The van der Waals surface area contributed by atoms with Gasteiger partial charge < -0.3 is 10.2 Å². The van der Waals surface area contributed by atoms with E-state index in [-0.39, 0.29) is 0 Å². The highest BCUT2D eigenvalue weighted by molar-refractivity contribution is 9.11. The molecule has 0 radical (unpaired) electrons. The molecule has 0 aromatic carbocycles. The molecule has 2 heterocycles. The van der Waals surface area contributed by atoms with Crippen molar-refractivity contribution in [2.75, 3.05) is 26.2 Å². The lowest BCUT2D eigenvalue weighted by atomic mass is 9.93. The fourth-order valence-corrected chi connectivity index (χ4v) is 4.29. The zero-order valence-electron chi connectivity index (χ0n) is 12.0. The fourth-order valence-electron chi connectivity index (χ4n) is 2.82. The third kappa shape index (κ3) is 4.85. The lowest BCUT2D eigenvalue weighted by Crippen LogP contribution is -2.48. The van der Waals surface area contributed by atoms with Crippen LogP contribution in [0, 0.1) is 5.92 Å². The molecule has 1 aromatic rings. The Labute approximate surface area is 129 Å². The molecule has 0 spiro atoms. The van der Waals surface area contributed by atoms with Gasteiger partial charge in [0.25, 0.3) is 0 Å². The van der Waals surface area contributed by atoms with E-state index in [2.05, 4.69) is 52.1 Å². The zero-order valence-corrected chi connectivity index (χ0v) is 14.4. The van der Waals surface area contributed by atoms with Crippen LogP contribution >= 0.6 is 27.3 Å². The largest absolute Gasteiger partial charge is 0.314 e. The highest BCUT2D eigenvalue weighted by atomic mass is 79.9. The van der Waals surface area contributed by atoms with E-state index in [4.69, 9.17) is 0 Å². The normalized spacial score (nSPS) is 24.8. The van der Waals surface area contributed by atoms with Crippen molar-refractivity contribution in [1.82, 2.24) is 10.2 Å². The second-order valence-electron chi connectivity index (χ2n) is 5.58. The Bertz CT molecular complexity index is 380. The number of hydrogen-bond donors (Lipinski definition) is 1. The average Bonchev–Trinajstić information content (AvgIpc) is 2.81. The number of rotatable bonds is 6. The molecule has 1 N–H and O–H groups in total. The SMILES string of the molecule is CCCNC1CCN(CCc2ccc(Br)s2)CC1C. The van der Waals surface area contributed by atoms with Crippen LogP contribution in [0.4, 0.5) is 0 Å². The van der Waals surface area contributed by atoms with Gasteiger partial charge in [0.15, 0.2) is 0 Å². The van der Waals surface area contributed by atoms with Gasteiger partial charge in [0.2, 0.25) is 0 Å². The lowest BCUT2D eigenvalue weighted by Gasteiger charge is -2.37. The van der Waals surface area contributed by atoms with Gasteiger partial charge in [-0.1, -0.05) is 13.8 Å². The van der Waals surface area contributed by atoms with Crippen LogP contribution in [-0.2, 0) is 6.42 Å². The summed E-state index contributed by atoms with van der Waals surface area (Å²) in [5.41, 5.74) is 0. The molecule has 0 aliphatic carbocycles. The van der Waals surface area contributed by atoms with Crippen LogP contribution in [0.5, 0.6) is 0 Å². The minimum atomic E-state index is 0.729. The molecule has 1 fully saturated rings. The van der Waals surface area contributed by atoms with Crippen molar-refractivity contribution in [3.05, 3.63) is 20.8 Å². The van der Waals surface area contributed by atoms with Crippen molar-refractivity contribution in [2.24, 2.45) is 5.92 Å². The van der Waals surface area contributed by atoms with Gasteiger partial charge in [-0.2, -0.15) is 0 Å². The predicted molar refractivity (Wildman–Crippen MR) is 88.0 cm³/mol. The second-order valence-corrected chi connectivity index (χ2v) is 8.13. The van der Waals surface area contributed by atoms with Gasteiger partial charge in [-0.25, -0.2) is 0 Å². The monoisotopic (exact) mass is 344 g/mol. The Morgan fingerprint density at radius 2 is 2.32 bits per heavy atom. The van der Waals surface area contributed by atoms with Crippen molar-refractivity contribution >= 4 is 27.3 Å².